The van der Waals surface area contributed by atoms with E-state index >= 15 is 0 Å². The lowest BCUT2D eigenvalue weighted by Crippen LogP contribution is -2.29. The van der Waals surface area contributed by atoms with Crippen LogP contribution < -0.4 is 20.7 Å². The summed E-state index contributed by atoms with van der Waals surface area (Å²) in [4.78, 5) is 22.8. The molecule has 1 aliphatic rings. The van der Waals surface area contributed by atoms with Crippen molar-refractivity contribution in [2.24, 2.45) is 0 Å². The van der Waals surface area contributed by atoms with Gasteiger partial charge in [-0.15, -0.1) is 0 Å². The van der Waals surface area contributed by atoms with Crippen molar-refractivity contribution >= 4 is 23.2 Å². The molecule has 0 bridgehead atoms. The van der Waals surface area contributed by atoms with Crippen LogP contribution in [0.25, 0.3) is 0 Å². The number of carbonyl (C=O) groups is 2. The molecule has 2 rings (SSSR count). The van der Waals surface area contributed by atoms with Crippen molar-refractivity contribution in [2.45, 2.75) is 13.3 Å². The van der Waals surface area contributed by atoms with Gasteiger partial charge in [-0.1, -0.05) is 6.92 Å². The standard InChI is InChI=1S/C13H17N3O3/c1-2-5-14-7-12(17)15-9-3-4-11-10(6-9)16-13(18)8-19-11/h3-4,6,14H,2,5,7-8H2,1H3,(H,15,17)(H,16,18). The van der Waals surface area contributed by atoms with Crippen LogP contribution in [0.3, 0.4) is 0 Å². The minimum Gasteiger partial charge on any atom is -0.482 e. The molecule has 0 saturated carbocycles. The predicted octanol–water partition coefficient (Wildman–Crippen LogP) is 0.956. The fraction of sp³-hybridized carbons (Fsp3) is 0.385. The molecular weight excluding hydrogens is 246 g/mol. The number of nitrogens with one attached hydrogen (secondary N) is 3. The lowest BCUT2D eigenvalue weighted by molar-refractivity contribution is -0.118. The van der Waals surface area contributed by atoms with Crippen LogP contribution in [0.4, 0.5) is 11.4 Å². The zero-order valence-electron chi connectivity index (χ0n) is 10.8. The molecule has 0 spiro atoms. The molecular formula is C13H17N3O3. The van der Waals surface area contributed by atoms with E-state index in [4.69, 9.17) is 4.74 Å². The second kappa shape index (κ2) is 6.19. The molecule has 0 unspecified atom stereocenters. The molecule has 0 aliphatic carbocycles. The van der Waals surface area contributed by atoms with Crippen LogP contribution in [0, 0.1) is 0 Å². The van der Waals surface area contributed by atoms with Gasteiger partial charge in [-0.2, -0.15) is 0 Å². The van der Waals surface area contributed by atoms with Crippen LogP contribution in [0.5, 0.6) is 5.75 Å². The van der Waals surface area contributed by atoms with E-state index in [-0.39, 0.29) is 25.0 Å². The first-order valence-corrected chi connectivity index (χ1v) is 6.26. The van der Waals surface area contributed by atoms with Crippen molar-refractivity contribution in [3.05, 3.63) is 18.2 Å². The second-order valence-electron chi connectivity index (χ2n) is 4.27. The van der Waals surface area contributed by atoms with Crippen molar-refractivity contribution in [1.29, 1.82) is 0 Å². The first-order chi connectivity index (χ1) is 9.19. The van der Waals surface area contributed by atoms with E-state index < -0.39 is 0 Å². The van der Waals surface area contributed by atoms with Gasteiger partial charge in [0.15, 0.2) is 6.61 Å². The quantitative estimate of drug-likeness (QED) is 0.691. The summed E-state index contributed by atoms with van der Waals surface area (Å²) in [6.45, 7) is 3.14. The van der Waals surface area contributed by atoms with Crippen molar-refractivity contribution in [3.8, 4) is 5.75 Å². The maximum absolute atomic E-state index is 11.6. The lowest BCUT2D eigenvalue weighted by Gasteiger charge is -2.18. The Morgan fingerprint density at radius 3 is 3.11 bits per heavy atom. The van der Waals surface area contributed by atoms with Gasteiger partial charge in [0.25, 0.3) is 5.91 Å². The zero-order valence-corrected chi connectivity index (χ0v) is 10.8. The topological polar surface area (TPSA) is 79.5 Å². The molecule has 0 atom stereocenters. The molecule has 1 aromatic rings. The van der Waals surface area contributed by atoms with Crippen molar-refractivity contribution in [3.63, 3.8) is 0 Å². The Balaban J connectivity index is 1.96. The van der Waals surface area contributed by atoms with Gasteiger partial charge in [-0.25, -0.2) is 0 Å². The molecule has 3 N–H and O–H groups in total. The third-order valence-electron chi connectivity index (χ3n) is 2.61. The van der Waals surface area contributed by atoms with Crippen LogP contribution in [0.1, 0.15) is 13.3 Å². The fourth-order valence-electron chi connectivity index (χ4n) is 1.74. The number of amides is 2. The summed E-state index contributed by atoms with van der Waals surface area (Å²) in [5, 5.41) is 8.47. The third kappa shape index (κ3) is 3.69. The third-order valence-corrected chi connectivity index (χ3v) is 2.61. The van der Waals surface area contributed by atoms with Crippen LogP contribution in [0.2, 0.25) is 0 Å². The average molecular weight is 263 g/mol. The molecule has 0 saturated heterocycles. The largest absolute Gasteiger partial charge is 0.482 e. The van der Waals surface area contributed by atoms with Gasteiger partial charge in [0.1, 0.15) is 5.75 Å². The summed E-state index contributed by atoms with van der Waals surface area (Å²) in [7, 11) is 0. The van der Waals surface area contributed by atoms with Crippen molar-refractivity contribution < 1.29 is 14.3 Å². The number of benzene rings is 1. The van der Waals surface area contributed by atoms with Gasteiger partial charge in [0, 0.05) is 5.69 Å². The van der Waals surface area contributed by atoms with E-state index in [0.717, 1.165) is 13.0 Å². The smallest absolute Gasteiger partial charge is 0.262 e. The van der Waals surface area contributed by atoms with Gasteiger partial charge in [0.05, 0.1) is 12.2 Å². The minimum absolute atomic E-state index is 0.0274. The first kappa shape index (κ1) is 13.4. The highest BCUT2D eigenvalue weighted by molar-refractivity contribution is 5.97. The molecule has 2 amide bonds. The normalized spacial score (nSPS) is 13.2. The van der Waals surface area contributed by atoms with E-state index in [1.54, 1.807) is 18.2 Å². The molecule has 1 aliphatic heterocycles. The highest BCUT2D eigenvalue weighted by Crippen LogP contribution is 2.30. The van der Waals surface area contributed by atoms with Crippen molar-refractivity contribution in [1.82, 2.24) is 5.32 Å². The summed E-state index contributed by atoms with van der Waals surface area (Å²) in [5.41, 5.74) is 1.21. The van der Waals surface area contributed by atoms with E-state index in [1.807, 2.05) is 6.92 Å². The second-order valence-corrected chi connectivity index (χ2v) is 4.27. The first-order valence-electron chi connectivity index (χ1n) is 6.26. The SMILES string of the molecule is CCCNCC(=O)Nc1ccc2c(c1)NC(=O)CO2. The number of rotatable bonds is 5. The Morgan fingerprint density at radius 2 is 2.32 bits per heavy atom. The Labute approximate surface area is 111 Å². The number of hydrogen-bond donors (Lipinski definition) is 3. The molecule has 6 nitrogen and oxygen atoms in total. The van der Waals surface area contributed by atoms with Gasteiger partial charge < -0.3 is 20.7 Å². The van der Waals surface area contributed by atoms with Crippen LogP contribution in [-0.4, -0.2) is 31.5 Å². The van der Waals surface area contributed by atoms with E-state index in [2.05, 4.69) is 16.0 Å². The molecule has 1 aromatic carbocycles. The summed E-state index contributed by atoms with van der Waals surface area (Å²) in [6.07, 6.45) is 0.982. The van der Waals surface area contributed by atoms with Crippen LogP contribution in [0.15, 0.2) is 18.2 Å². The molecule has 0 radical (unpaired) electrons. The fourth-order valence-corrected chi connectivity index (χ4v) is 1.74. The molecule has 1 heterocycles. The maximum atomic E-state index is 11.6. The minimum atomic E-state index is -0.194. The molecule has 6 heteroatoms. The van der Waals surface area contributed by atoms with Gasteiger partial charge in [-0.3, -0.25) is 9.59 Å². The number of fused-ring (bicyclic) bond motifs is 1. The lowest BCUT2D eigenvalue weighted by atomic mass is 10.2. The maximum Gasteiger partial charge on any atom is 0.262 e. The Bertz CT molecular complexity index is 488. The summed E-state index contributed by atoms with van der Waals surface area (Å²) < 4.78 is 5.24. The van der Waals surface area contributed by atoms with Crippen LogP contribution in [-0.2, 0) is 9.59 Å². The zero-order chi connectivity index (χ0) is 13.7. The number of anilines is 2. The molecule has 0 fully saturated rings. The van der Waals surface area contributed by atoms with Gasteiger partial charge in [-0.05, 0) is 31.2 Å². The summed E-state index contributed by atoms with van der Waals surface area (Å²) in [5.74, 6) is 0.304. The Morgan fingerprint density at radius 1 is 1.47 bits per heavy atom. The van der Waals surface area contributed by atoms with E-state index in [0.29, 0.717) is 17.1 Å². The number of ether oxygens (including phenoxy) is 1. The monoisotopic (exact) mass is 263 g/mol. The average Bonchev–Trinajstić information content (AvgIpc) is 2.38. The van der Waals surface area contributed by atoms with Gasteiger partial charge in [0.2, 0.25) is 5.91 Å². The van der Waals surface area contributed by atoms with E-state index in [1.165, 1.54) is 0 Å². The van der Waals surface area contributed by atoms with Gasteiger partial charge >= 0.3 is 0 Å². The van der Waals surface area contributed by atoms with Crippen molar-refractivity contribution in [2.75, 3.05) is 30.3 Å². The molecule has 102 valence electrons. The predicted molar refractivity (Wildman–Crippen MR) is 72.4 cm³/mol. The number of hydrogen-bond acceptors (Lipinski definition) is 4. The highest BCUT2D eigenvalue weighted by atomic mass is 16.5. The van der Waals surface area contributed by atoms with E-state index in [9.17, 15) is 9.59 Å². The Hall–Kier alpha value is -2.08. The summed E-state index contributed by atoms with van der Waals surface area (Å²) >= 11 is 0. The molecule has 0 aromatic heterocycles. The summed E-state index contributed by atoms with van der Waals surface area (Å²) in [6, 6.07) is 5.15. The molecule has 19 heavy (non-hydrogen) atoms. The highest BCUT2D eigenvalue weighted by Gasteiger charge is 2.16. The van der Waals surface area contributed by atoms with Crippen LogP contribution >= 0.6 is 0 Å². The number of carbonyl (C=O) groups excluding carboxylic acids is 2. The Kier molecular flexibility index (Phi) is 4.35.